The lowest BCUT2D eigenvalue weighted by molar-refractivity contribution is -0.163. The predicted octanol–water partition coefficient (Wildman–Crippen LogP) is 3.00. The van der Waals surface area contributed by atoms with E-state index in [1.807, 2.05) is 29.2 Å². The first-order chi connectivity index (χ1) is 13.5. The molecule has 2 aliphatic heterocycles. The lowest BCUT2D eigenvalue weighted by Gasteiger charge is -2.53. The van der Waals surface area contributed by atoms with Crippen LogP contribution in [0.2, 0.25) is 5.02 Å². The Morgan fingerprint density at radius 3 is 2.14 bits per heavy atom. The lowest BCUT2D eigenvalue weighted by atomic mass is 9.71. The predicted molar refractivity (Wildman–Crippen MR) is 110 cm³/mol. The highest BCUT2D eigenvalue weighted by atomic mass is 35.5. The minimum atomic E-state index is -0.662. The van der Waals surface area contributed by atoms with Gasteiger partial charge in [-0.25, -0.2) is 0 Å². The Morgan fingerprint density at radius 1 is 0.964 bits per heavy atom. The number of carbonyl (C=O) groups excluding carboxylic acids is 2. The Balaban J connectivity index is 1.50. The molecule has 1 aromatic rings. The fraction of sp³-hybridized carbons (Fsp3) is 0.636. The van der Waals surface area contributed by atoms with Crippen LogP contribution in [0, 0.1) is 5.41 Å². The summed E-state index contributed by atoms with van der Waals surface area (Å²) in [5, 5.41) is 0.673. The summed E-state index contributed by atoms with van der Waals surface area (Å²) in [6.45, 7) is 2.90. The van der Waals surface area contributed by atoms with Crippen molar-refractivity contribution < 1.29 is 9.59 Å². The van der Waals surface area contributed by atoms with E-state index in [4.69, 9.17) is 17.3 Å². The summed E-state index contributed by atoms with van der Waals surface area (Å²) >= 11 is 5.97. The molecule has 2 saturated heterocycles. The molecule has 2 amide bonds. The highest BCUT2D eigenvalue weighted by Gasteiger charge is 2.55. The van der Waals surface area contributed by atoms with Gasteiger partial charge in [-0.05, 0) is 62.9 Å². The summed E-state index contributed by atoms with van der Waals surface area (Å²) in [7, 11) is 0. The van der Waals surface area contributed by atoms with Gasteiger partial charge in [0, 0.05) is 18.1 Å². The second-order valence-corrected chi connectivity index (χ2v) is 9.33. The second-order valence-electron chi connectivity index (χ2n) is 8.90. The van der Waals surface area contributed by atoms with Crippen LogP contribution in [0.25, 0.3) is 0 Å². The molecular formula is C22H30ClN3O2. The fourth-order valence-corrected chi connectivity index (χ4v) is 5.54. The zero-order valence-corrected chi connectivity index (χ0v) is 17.2. The van der Waals surface area contributed by atoms with Crippen molar-refractivity contribution in [3.05, 3.63) is 34.9 Å². The van der Waals surface area contributed by atoms with E-state index in [0.29, 0.717) is 24.5 Å². The van der Waals surface area contributed by atoms with E-state index in [1.54, 1.807) is 0 Å². The van der Waals surface area contributed by atoms with E-state index in [9.17, 15) is 9.59 Å². The molecule has 152 valence electrons. The molecule has 0 unspecified atom stereocenters. The van der Waals surface area contributed by atoms with Gasteiger partial charge in [-0.1, -0.05) is 43.0 Å². The maximum atomic E-state index is 13.6. The Bertz CT molecular complexity index is 731. The van der Waals surface area contributed by atoms with Crippen LogP contribution in [0.1, 0.15) is 50.5 Å². The van der Waals surface area contributed by atoms with Crippen molar-refractivity contribution in [2.24, 2.45) is 11.1 Å². The van der Waals surface area contributed by atoms with Crippen molar-refractivity contribution in [1.82, 2.24) is 9.80 Å². The minimum absolute atomic E-state index is 0.224. The Hall–Kier alpha value is -1.59. The third-order valence-electron chi connectivity index (χ3n) is 7.04. The summed E-state index contributed by atoms with van der Waals surface area (Å²) in [4.78, 5) is 30.2. The van der Waals surface area contributed by atoms with Crippen molar-refractivity contribution in [1.29, 1.82) is 0 Å². The summed E-state index contributed by atoms with van der Waals surface area (Å²) in [5.41, 5.74) is 5.81. The molecule has 2 N–H and O–H groups in total. The first-order valence-electron chi connectivity index (χ1n) is 10.5. The van der Waals surface area contributed by atoms with Crippen molar-refractivity contribution in [2.75, 3.05) is 26.2 Å². The first-order valence-corrected chi connectivity index (χ1v) is 10.9. The highest BCUT2D eigenvalue weighted by molar-refractivity contribution is 6.30. The van der Waals surface area contributed by atoms with Crippen LogP contribution in [0.15, 0.2) is 24.3 Å². The van der Waals surface area contributed by atoms with Crippen LogP contribution in [0.4, 0.5) is 0 Å². The number of hydrogen-bond donors (Lipinski definition) is 1. The average molecular weight is 404 g/mol. The molecule has 1 saturated carbocycles. The molecule has 0 radical (unpaired) electrons. The molecule has 0 spiro atoms. The van der Waals surface area contributed by atoms with E-state index in [1.165, 1.54) is 19.3 Å². The number of nitrogens with two attached hydrogens (primary N) is 1. The summed E-state index contributed by atoms with van der Waals surface area (Å²) < 4.78 is 0. The maximum Gasteiger partial charge on any atom is 0.243 e. The molecule has 2 heterocycles. The Morgan fingerprint density at radius 2 is 1.57 bits per heavy atom. The fourth-order valence-electron chi connectivity index (χ4n) is 5.42. The van der Waals surface area contributed by atoms with Crippen molar-refractivity contribution in [2.45, 2.75) is 56.9 Å². The standard InChI is InChI=1S/C22H30ClN3O2/c23-18-8-6-17(7-9-18)14-21(19(24)27)15-25(16-21)20(28)22(10-2-1-3-11-22)26-12-4-5-13-26/h6-9H,1-5,10-16H2,(H2,24,27). The normalized spacial score (nSPS) is 24.0. The monoisotopic (exact) mass is 403 g/mol. The summed E-state index contributed by atoms with van der Waals surface area (Å²) in [5.74, 6) is -0.0903. The summed E-state index contributed by atoms with van der Waals surface area (Å²) in [6, 6.07) is 7.53. The molecule has 3 fully saturated rings. The molecule has 3 aliphatic rings. The number of benzene rings is 1. The van der Waals surface area contributed by atoms with Crippen LogP contribution >= 0.6 is 11.6 Å². The van der Waals surface area contributed by atoms with Gasteiger partial charge in [0.25, 0.3) is 0 Å². The number of amides is 2. The number of nitrogens with zero attached hydrogens (tertiary/aromatic N) is 2. The van der Waals surface area contributed by atoms with Crippen LogP contribution in [0.5, 0.6) is 0 Å². The van der Waals surface area contributed by atoms with E-state index in [0.717, 1.165) is 44.3 Å². The Kier molecular flexibility index (Phi) is 5.41. The van der Waals surface area contributed by atoms with Gasteiger partial charge < -0.3 is 10.6 Å². The van der Waals surface area contributed by atoms with E-state index >= 15 is 0 Å². The molecule has 1 aliphatic carbocycles. The van der Waals surface area contributed by atoms with Crippen molar-refractivity contribution in [3.63, 3.8) is 0 Å². The molecule has 4 rings (SSSR count). The topological polar surface area (TPSA) is 66.6 Å². The largest absolute Gasteiger partial charge is 0.369 e. The van der Waals surface area contributed by atoms with Gasteiger partial charge in [0.05, 0.1) is 5.41 Å². The van der Waals surface area contributed by atoms with Crippen molar-refractivity contribution >= 4 is 23.4 Å². The smallest absolute Gasteiger partial charge is 0.243 e. The number of halogens is 1. The quantitative estimate of drug-likeness (QED) is 0.821. The molecule has 0 bridgehead atoms. The maximum absolute atomic E-state index is 13.6. The number of carbonyl (C=O) groups is 2. The number of hydrogen-bond acceptors (Lipinski definition) is 3. The third-order valence-corrected chi connectivity index (χ3v) is 7.29. The zero-order chi connectivity index (χ0) is 19.8. The number of rotatable bonds is 5. The van der Waals surface area contributed by atoms with E-state index in [2.05, 4.69) is 4.90 Å². The molecule has 0 atom stereocenters. The third kappa shape index (κ3) is 3.43. The second kappa shape index (κ2) is 7.68. The van der Waals surface area contributed by atoms with Crippen LogP contribution in [0.3, 0.4) is 0 Å². The molecule has 5 nitrogen and oxygen atoms in total. The van der Waals surface area contributed by atoms with Gasteiger partial charge in [0.1, 0.15) is 5.54 Å². The first kappa shape index (κ1) is 19.7. The van der Waals surface area contributed by atoms with Gasteiger partial charge in [0.15, 0.2) is 0 Å². The molecule has 6 heteroatoms. The molecule has 0 aromatic heterocycles. The van der Waals surface area contributed by atoms with Gasteiger partial charge in [-0.15, -0.1) is 0 Å². The molecule has 28 heavy (non-hydrogen) atoms. The van der Waals surface area contributed by atoms with Gasteiger partial charge >= 0.3 is 0 Å². The van der Waals surface area contributed by atoms with Crippen LogP contribution < -0.4 is 5.73 Å². The average Bonchev–Trinajstić information content (AvgIpc) is 3.21. The van der Waals surface area contributed by atoms with Crippen molar-refractivity contribution in [3.8, 4) is 0 Å². The number of likely N-dealkylation sites (tertiary alicyclic amines) is 2. The van der Waals surface area contributed by atoms with E-state index in [-0.39, 0.29) is 17.4 Å². The minimum Gasteiger partial charge on any atom is -0.369 e. The molecule has 1 aromatic carbocycles. The van der Waals surface area contributed by atoms with Gasteiger partial charge in [0.2, 0.25) is 11.8 Å². The lowest BCUT2D eigenvalue weighted by Crippen LogP contribution is -2.70. The molecular weight excluding hydrogens is 374 g/mol. The van der Waals surface area contributed by atoms with E-state index < -0.39 is 5.41 Å². The van der Waals surface area contributed by atoms with Crippen LogP contribution in [-0.4, -0.2) is 53.3 Å². The highest BCUT2D eigenvalue weighted by Crippen LogP contribution is 2.42. The zero-order valence-electron chi connectivity index (χ0n) is 16.5. The SMILES string of the molecule is NC(=O)C1(Cc2ccc(Cl)cc2)CN(C(=O)C2(N3CCCC3)CCCCC2)C1. The number of primary amides is 1. The Labute approximate surface area is 172 Å². The van der Waals surface area contributed by atoms with Crippen LogP contribution in [-0.2, 0) is 16.0 Å². The van der Waals surface area contributed by atoms with Gasteiger partial charge in [-0.2, -0.15) is 0 Å². The summed E-state index contributed by atoms with van der Waals surface area (Å²) in [6.07, 6.45) is 8.24. The van der Waals surface area contributed by atoms with Gasteiger partial charge in [-0.3, -0.25) is 14.5 Å².